The van der Waals surface area contributed by atoms with Crippen molar-refractivity contribution in [1.82, 2.24) is 0 Å². The molecule has 1 atom stereocenters. The van der Waals surface area contributed by atoms with Crippen LogP contribution in [0.1, 0.15) is 16.7 Å². The van der Waals surface area contributed by atoms with Gasteiger partial charge in [0.25, 0.3) is 0 Å². The average Bonchev–Trinajstić information content (AvgIpc) is 2.32. The lowest BCUT2D eigenvalue weighted by Gasteiger charge is -2.12. The molecule has 1 unspecified atom stereocenters. The van der Waals surface area contributed by atoms with Gasteiger partial charge in [0.2, 0.25) is 0 Å². The number of hydrogen-bond donors (Lipinski definition) is 3. The van der Waals surface area contributed by atoms with Gasteiger partial charge in [-0.3, -0.25) is 4.79 Å². The third-order valence-electron chi connectivity index (χ3n) is 2.59. The van der Waals surface area contributed by atoms with Crippen LogP contribution in [-0.4, -0.2) is 25.3 Å². The molecule has 0 fully saturated rings. The van der Waals surface area contributed by atoms with Crippen LogP contribution >= 0.6 is 0 Å². The number of esters is 1. The molecule has 5 N–H and O–H groups in total. The zero-order valence-corrected chi connectivity index (χ0v) is 9.99. The molecule has 0 saturated heterocycles. The van der Waals surface area contributed by atoms with Gasteiger partial charge in [-0.15, -0.1) is 0 Å². The maximum Gasteiger partial charge on any atom is 0.322 e. The van der Waals surface area contributed by atoms with E-state index in [0.29, 0.717) is 17.7 Å². The van der Waals surface area contributed by atoms with Crippen molar-refractivity contribution >= 4 is 17.9 Å². The van der Waals surface area contributed by atoms with E-state index in [4.69, 9.17) is 16.9 Å². The summed E-state index contributed by atoms with van der Waals surface area (Å²) < 4.78 is 4.56. The summed E-state index contributed by atoms with van der Waals surface area (Å²) in [6.45, 7) is 1.86. The van der Waals surface area contributed by atoms with E-state index in [1.54, 1.807) is 6.07 Å². The molecule has 92 valence electrons. The molecule has 0 aliphatic heterocycles. The first-order valence-corrected chi connectivity index (χ1v) is 5.22. The van der Waals surface area contributed by atoms with Crippen LogP contribution in [0.15, 0.2) is 12.1 Å². The van der Waals surface area contributed by atoms with Crippen molar-refractivity contribution < 1.29 is 9.53 Å². The molecule has 0 aliphatic carbocycles. The maximum atomic E-state index is 11.2. The third kappa shape index (κ3) is 3.04. The molecule has 0 bridgehead atoms. The maximum absolute atomic E-state index is 11.2. The first kappa shape index (κ1) is 13.2. The summed E-state index contributed by atoms with van der Waals surface area (Å²) in [5.41, 5.74) is 14.4. The molecule has 1 aromatic carbocycles. The Kier molecular flexibility index (Phi) is 4.23. The number of methoxy groups -OCH3 is 1. The fourth-order valence-corrected chi connectivity index (χ4v) is 1.63. The number of anilines is 1. The molecule has 1 rings (SSSR count). The van der Waals surface area contributed by atoms with Gasteiger partial charge in [-0.05, 0) is 30.5 Å². The van der Waals surface area contributed by atoms with Crippen LogP contribution in [0.2, 0.25) is 0 Å². The highest BCUT2D eigenvalue weighted by Gasteiger charge is 2.15. The number of nitrogens with two attached hydrogens (primary N) is 2. The SMILES string of the molecule is COC(=O)C(N)Cc1cc(C)c(N)c(C=N)c1. The van der Waals surface area contributed by atoms with Gasteiger partial charge in [0, 0.05) is 17.5 Å². The van der Waals surface area contributed by atoms with Crippen molar-refractivity contribution in [3.8, 4) is 0 Å². The summed E-state index contributed by atoms with van der Waals surface area (Å²) in [5.74, 6) is -0.448. The lowest BCUT2D eigenvalue weighted by atomic mass is 9.99. The number of carbonyl (C=O) groups excluding carboxylic acids is 1. The molecule has 0 saturated carbocycles. The average molecular weight is 235 g/mol. The van der Waals surface area contributed by atoms with E-state index < -0.39 is 12.0 Å². The Morgan fingerprint density at radius 1 is 1.59 bits per heavy atom. The minimum atomic E-state index is -0.693. The fourth-order valence-electron chi connectivity index (χ4n) is 1.63. The summed E-state index contributed by atoms with van der Waals surface area (Å²) in [6, 6.07) is 2.94. The van der Waals surface area contributed by atoms with Gasteiger partial charge < -0.3 is 21.6 Å². The second kappa shape index (κ2) is 5.45. The van der Waals surface area contributed by atoms with Crippen molar-refractivity contribution in [2.75, 3.05) is 12.8 Å². The van der Waals surface area contributed by atoms with Crippen molar-refractivity contribution in [3.63, 3.8) is 0 Å². The molecular weight excluding hydrogens is 218 g/mol. The number of carbonyl (C=O) groups is 1. The molecule has 5 heteroatoms. The number of ether oxygens (including phenoxy) is 1. The Morgan fingerprint density at radius 3 is 2.76 bits per heavy atom. The van der Waals surface area contributed by atoms with E-state index in [1.807, 2.05) is 13.0 Å². The van der Waals surface area contributed by atoms with Gasteiger partial charge in [-0.1, -0.05) is 6.07 Å². The van der Waals surface area contributed by atoms with Crippen molar-refractivity contribution in [1.29, 1.82) is 5.41 Å². The predicted octanol–water partition coefficient (Wildman–Crippen LogP) is 0.618. The van der Waals surface area contributed by atoms with E-state index in [9.17, 15) is 4.79 Å². The normalized spacial score (nSPS) is 11.9. The summed E-state index contributed by atoms with van der Waals surface area (Å²) in [5, 5.41) is 7.25. The van der Waals surface area contributed by atoms with Crippen LogP contribution in [0.3, 0.4) is 0 Å². The lowest BCUT2D eigenvalue weighted by molar-refractivity contribution is -0.142. The quantitative estimate of drug-likeness (QED) is 0.404. The van der Waals surface area contributed by atoms with Crippen molar-refractivity contribution in [2.45, 2.75) is 19.4 Å². The summed E-state index contributed by atoms with van der Waals surface area (Å²) in [6.07, 6.45) is 1.56. The van der Waals surface area contributed by atoms with Crippen LogP contribution in [-0.2, 0) is 16.0 Å². The minimum Gasteiger partial charge on any atom is -0.468 e. The molecule has 0 aromatic heterocycles. The number of nitrogen functional groups attached to an aromatic ring is 1. The largest absolute Gasteiger partial charge is 0.468 e. The first-order chi connectivity index (χ1) is 7.99. The molecule has 0 aliphatic rings. The van der Waals surface area contributed by atoms with Gasteiger partial charge in [0.05, 0.1) is 7.11 Å². The van der Waals surface area contributed by atoms with E-state index in [-0.39, 0.29) is 0 Å². The summed E-state index contributed by atoms with van der Waals surface area (Å²) in [7, 11) is 1.30. The Labute approximate surface area is 100 Å². The second-order valence-electron chi connectivity index (χ2n) is 3.89. The monoisotopic (exact) mass is 235 g/mol. The second-order valence-corrected chi connectivity index (χ2v) is 3.89. The molecule has 0 heterocycles. The van der Waals surface area contributed by atoms with Gasteiger partial charge in [0.1, 0.15) is 6.04 Å². The lowest BCUT2D eigenvalue weighted by Crippen LogP contribution is -2.33. The Balaban J connectivity index is 2.96. The van der Waals surface area contributed by atoms with Crippen molar-refractivity contribution in [3.05, 3.63) is 28.8 Å². The number of nitrogens with one attached hydrogen (secondary N) is 1. The van der Waals surface area contributed by atoms with Crippen LogP contribution in [0, 0.1) is 12.3 Å². The molecule has 0 radical (unpaired) electrons. The van der Waals surface area contributed by atoms with Crippen LogP contribution in [0.4, 0.5) is 5.69 Å². The highest BCUT2D eigenvalue weighted by Crippen LogP contribution is 2.19. The molecule has 0 amide bonds. The predicted molar refractivity (Wildman–Crippen MR) is 67.2 cm³/mol. The van der Waals surface area contributed by atoms with E-state index in [0.717, 1.165) is 11.1 Å². The summed E-state index contributed by atoms with van der Waals surface area (Å²) >= 11 is 0. The smallest absolute Gasteiger partial charge is 0.322 e. The van der Waals surface area contributed by atoms with Crippen LogP contribution in [0.5, 0.6) is 0 Å². The highest BCUT2D eigenvalue weighted by atomic mass is 16.5. The third-order valence-corrected chi connectivity index (χ3v) is 2.59. The standard InChI is InChI=1S/C12H17N3O2/c1-7-3-8(4-9(6-13)11(7)15)5-10(14)12(16)17-2/h3-4,6,10,13H,5,14-15H2,1-2H3. The summed E-state index contributed by atoms with van der Waals surface area (Å²) in [4.78, 5) is 11.2. The minimum absolute atomic E-state index is 0.370. The molecule has 0 spiro atoms. The number of benzene rings is 1. The van der Waals surface area contributed by atoms with Crippen LogP contribution < -0.4 is 11.5 Å². The number of hydrogen-bond acceptors (Lipinski definition) is 5. The van der Waals surface area contributed by atoms with Gasteiger partial charge in [0.15, 0.2) is 0 Å². The first-order valence-electron chi connectivity index (χ1n) is 5.22. The molecule has 5 nitrogen and oxygen atoms in total. The fraction of sp³-hybridized carbons (Fsp3) is 0.333. The highest BCUT2D eigenvalue weighted by molar-refractivity contribution is 5.86. The Bertz CT molecular complexity index is 444. The van der Waals surface area contributed by atoms with E-state index in [1.165, 1.54) is 13.3 Å². The van der Waals surface area contributed by atoms with Crippen LogP contribution in [0.25, 0.3) is 0 Å². The van der Waals surface area contributed by atoms with E-state index >= 15 is 0 Å². The molecular formula is C12H17N3O2. The van der Waals surface area contributed by atoms with Gasteiger partial charge in [-0.2, -0.15) is 0 Å². The van der Waals surface area contributed by atoms with E-state index in [2.05, 4.69) is 4.74 Å². The van der Waals surface area contributed by atoms with Gasteiger partial charge >= 0.3 is 5.97 Å². The van der Waals surface area contributed by atoms with Gasteiger partial charge in [-0.25, -0.2) is 0 Å². The zero-order valence-electron chi connectivity index (χ0n) is 9.99. The molecule has 17 heavy (non-hydrogen) atoms. The van der Waals surface area contributed by atoms with Crippen molar-refractivity contribution in [2.24, 2.45) is 5.73 Å². The Morgan fingerprint density at radius 2 is 2.24 bits per heavy atom. The topological polar surface area (TPSA) is 102 Å². The zero-order chi connectivity index (χ0) is 13.0. The number of rotatable bonds is 4. The molecule has 1 aromatic rings. The Hall–Kier alpha value is -1.88. The number of aryl methyl sites for hydroxylation is 1.